The highest BCUT2D eigenvalue weighted by Crippen LogP contribution is 2.50. The van der Waals surface area contributed by atoms with E-state index in [2.05, 4.69) is 33.9 Å². The standard InChI is InChI=1S/C48H68ClN3O8S/c1-33-12-9-23-48(59-27-26-57-6,24-11-15-39-14-7-8-25-52(39)45(54)60-46(3,4)5)41-19-16-37(41)30-51-31-47(22-10-13-35-28-38(49)18-20-40(35)47)32-58-43-21-17-36(29-42(43)51)44(53)50-61(55,56)34(33)2/h9,17-18,20-21,23,28-29,33-34,37,39,41H,7-8,10-16,19,22,24-27,30-32H2,1-6H3,(H,50,53)/b23-9+/t33-,34+,37-,39+,41+,47-,48+/m0/s1. The second-order valence-corrected chi connectivity index (χ2v) is 22.0. The third kappa shape index (κ3) is 10.2. The summed E-state index contributed by atoms with van der Waals surface area (Å²) in [4.78, 5) is 31.5. The van der Waals surface area contributed by atoms with E-state index >= 15 is 0 Å². The molecule has 0 aromatic heterocycles. The van der Waals surface area contributed by atoms with Gasteiger partial charge in [0.05, 0.1) is 36.4 Å². The molecule has 3 aliphatic heterocycles. The summed E-state index contributed by atoms with van der Waals surface area (Å²) in [6, 6.07) is 11.6. The minimum absolute atomic E-state index is 0.0838. The number of halogens is 1. The quantitative estimate of drug-likeness (QED) is 0.204. The Morgan fingerprint density at radius 1 is 1.05 bits per heavy atom. The molecule has 2 aliphatic carbocycles. The lowest BCUT2D eigenvalue weighted by molar-refractivity contribution is -0.114. The number of anilines is 1. The predicted octanol–water partition coefficient (Wildman–Crippen LogP) is 9.25. The summed E-state index contributed by atoms with van der Waals surface area (Å²) in [7, 11) is -2.33. The second kappa shape index (κ2) is 18.8. The first-order valence-electron chi connectivity index (χ1n) is 22.7. The third-order valence-corrected chi connectivity index (χ3v) is 16.4. The number of aryl methyl sites for hydroxylation is 1. The van der Waals surface area contributed by atoms with Crippen molar-refractivity contribution in [3.8, 4) is 5.75 Å². The molecular formula is C48H68ClN3O8S. The number of benzene rings is 2. The van der Waals surface area contributed by atoms with Gasteiger partial charge in [0.2, 0.25) is 10.0 Å². The number of fused-ring (bicyclic) bond motifs is 4. The number of sulfonamides is 1. The number of hydrogen-bond donors (Lipinski definition) is 1. The zero-order valence-corrected chi connectivity index (χ0v) is 38.8. The molecule has 1 spiro atoms. The van der Waals surface area contributed by atoms with Crippen LogP contribution >= 0.6 is 11.6 Å². The van der Waals surface area contributed by atoms with Crippen molar-refractivity contribution in [3.05, 3.63) is 70.3 Å². The lowest BCUT2D eigenvalue weighted by Crippen LogP contribution is -2.53. The number of rotatable bonds is 8. The molecule has 1 saturated heterocycles. The molecule has 1 N–H and O–H groups in total. The molecule has 7 atom stereocenters. The Morgan fingerprint density at radius 2 is 1.87 bits per heavy atom. The largest absolute Gasteiger partial charge is 0.490 e. The van der Waals surface area contributed by atoms with Gasteiger partial charge in [-0.1, -0.05) is 36.7 Å². The fourth-order valence-electron chi connectivity index (χ4n) is 10.6. The topological polar surface area (TPSA) is 124 Å². The van der Waals surface area contributed by atoms with Gasteiger partial charge in [0.15, 0.2) is 0 Å². The van der Waals surface area contributed by atoms with Crippen molar-refractivity contribution >= 4 is 39.3 Å². The molecule has 0 radical (unpaired) electrons. The minimum Gasteiger partial charge on any atom is -0.490 e. The van der Waals surface area contributed by atoms with E-state index < -0.39 is 32.4 Å². The summed E-state index contributed by atoms with van der Waals surface area (Å²) in [5, 5.41) is -0.107. The normalized spacial score (nSPS) is 30.8. The molecule has 2 bridgehead atoms. The highest BCUT2D eigenvalue weighted by Gasteiger charge is 2.49. The van der Waals surface area contributed by atoms with E-state index in [0.29, 0.717) is 51.6 Å². The SMILES string of the molecule is COCCO[C@@]1(CCC[C@H]2CCCCN2C(=O)OC(C)(C)C)/C=C/C[C@H](C)[C@@H](C)S(=O)(=O)NC(=O)c2ccc3c(c2)N(C[C@@H]2CC[C@H]21)C[C@@]1(CCCc2cc(Cl)ccc21)CO3. The van der Waals surface area contributed by atoms with Crippen LogP contribution in [0.2, 0.25) is 5.02 Å². The number of methoxy groups -OCH3 is 1. The van der Waals surface area contributed by atoms with Crippen molar-refractivity contribution in [1.82, 2.24) is 9.62 Å². The molecule has 2 aromatic carbocycles. The molecule has 0 unspecified atom stereocenters. The molecule has 2 aromatic rings. The fourth-order valence-corrected chi connectivity index (χ4v) is 12.1. The van der Waals surface area contributed by atoms with Crippen LogP contribution in [0.15, 0.2) is 48.6 Å². The molecule has 1 saturated carbocycles. The summed E-state index contributed by atoms with van der Waals surface area (Å²) in [6.07, 6.45) is 14.9. The van der Waals surface area contributed by atoms with Gasteiger partial charge < -0.3 is 28.7 Å². The van der Waals surface area contributed by atoms with Gasteiger partial charge in [0.25, 0.3) is 5.91 Å². The summed E-state index contributed by atoms with van der Waals surface area (Å²) in [5.41, 5.74) is 2.03. The van der Waals surface area contributed by atoms with Crippen LogP contribution in [-0.2, 0) is 36.1 Å². The first-order valence-corrected chi connectivity index (χ1v) is 24.6. The predicted molar refractivity (Wildman–Crippen MR) is 240 cm³/mol. The first kappa shape index (κ1) is 45.7. The van der Waals surface area contributed by atoms with Crippen LogP contribution in [0.1, 0.15) is 127 Å². The van der Waals surface area contributed by atoms with Crippen LogP contribution in [0.25, 0.3) is 0 Å². The molecule has 2 fully saturated rings. The Morgan fingerprint density at radius 3 is 2.62 bits per heavy atom. The van der Waals surface area contributed by atoms with E-state index in [1.54, 1.807) is 20.1 Å². The molecule has 5 aliphatic rings. The lowest BCUT2D eigenvalue weighted by Gasteiger charge is -2.51. The zero-order chi connectivity index (χ0) is 43.6. The van der Waals surface area contributed by atoms with Crippen molar-refractivity contribution in [2.24, 2.45) is 17.8 Å². The van der Waals surface area contributed by atoms with E-state index in [4.69, 9.17) is 30.5 Å². The second-order valence-electron chi connectivity index (χ2n) is 19.5. The van der Waals surface area contributed by atoms with Crippen LogP contribution in [0, 0.1) is 17.8 Å². The van der Waals surface area contributed by atoms with Crippen LogP contribution in [-0.4, -0.2) is 94.4 Å². The number of nitrogens with zero attached hydrogens (tertiary/aromatic N) is 2. The molecule has 61 heavy (non-hydrogen) atoms. The monoisotopic (exact) mass is 881 g/mol. The van der Waals surface area contributed by atoms with Gasteiger partial charge in [-0.15, -0.1) is 0 Å². The summed E-state index contributed by atoms with van der Waals surface area (Å²) in [5.74, 6) is 0.162. The Kier molecular flexibility index (Phi) is 14.1. The van der Waals surface area contributed by atoms with E-state index in [-0.39, 0.29) is 40.9 Å². The van der Waals surface area contributed by atoms with Crippen LogP contribution in [0.5, 0.6) is 5.75 Å². The highest BCUT2D eigenvalue weighted by molar-refractivity contribution is 7.90. The number of carbonyl (C=O) groups is 2. The van der Waals surface area contributed by atoms with Gasteiger partial charge in [0.1, 0.15) is 11.4 Å². The third-order valence-electron chi connectivity index (χ3n) is 14.3. The van der Waals surface area contributed by atoms with Crippen LogP contribution in [0.3, 0.4) is 0 Å². The maximum Gasteiger partial charge on any atom is 0.410 e. The highest BCUT2D eigenvalue weighted by atomic mass is 35.5. The number of amides is 2. The fraction of sp³-hybridized carbons (Fsp3) is 0.667. The molecule has 7 rings (SSSR count). The molecule has 11 nitrogen and oxygen atoms in total. The van der Waals surface area contributed by atoms with Gasteiger partial charge in [0, 0.05) is 48.8 Å². The number of hydrogen-bond acceptors (Lipinski definition) is 9. The first-order chi connectivity index (χ1) is 29.0. The number of piperidine rings is 1. The van der Waals surface area contributed by atoms with Gasteiger partial charge >= 0.3 is 6.09 Å². The number of likely N-dealkylation sites (tertiary alicyclic amines) is 1. The molecule has 3 heterocycles. The van der Waals surface area contributed by atoms with Crippen molar-refractivity contribution in [1.29, 1.82) is 0 Å². The van der Waals surface area contributed by atoms with Gasteiger partial charge in [-0.05, 0) is 164 Å². The zero-order valence-electron chi connectivity index (χ0n) is 37.2. The minimum atomic E-state index is -4.02. The van der Waals surface area contributed by atoms with Gasteiger partial charge in [-0.2, -0.15) is 0 Å². The van der Waals surface area contributed by atoms with Crippen molar-refractivity contribution < 1.29 is 37.0 Å². The molecule has 13 heteroatoms. The number of allylic oxidation sites excluding steroid dienone is 1. The molecule has 336 valence electrons. The Hall–Kier alpha value is -3.32. The summed E-state index contributed by atoms with van der Waals surface area (Å²) < 4.78 is 55.2. The number of ether oxygens (including phenoxy) is 4. The average molecular weight is 883 g/mol. The molecular weight excluding hydrogens is 814 g/mol. The Labute approximate surface area is 369 Å². The average Bonchev–Trinajstić information content (AvgIpc) is 3.34. The Balaban J connectivity index is 1.26. The van der Waals surface area contributed by atoms with Crippen molar-refractivity contribution in [3.63, 3.8) is 0 Å². The lowest BCUT2D eigenvalue weighted by atomic mass is 9.62. The van der Waals surface area contributed by atoms with E-state index in [1.165, 1.54) is 11.1 Å². The van der Waals surface area contributed by atoms with Gasteiger partial charge in [-0.3, -0.25) is 4.79 Å². The Bertz CT molecular complexity index is 2040. The number of nitrogens with one attached hydrogen (secondary N) is 1. The van der Waals surface area contributed by atoms with E-state index in [0.717, 1.165) is 81.3 Å². The van der Waals surface area contributed by atoms with E-state index in [9.17, 15) is 18.0 Å². The number of carbonyl (C=O) groups excluding carboxylic acids is 2. The summed E-state index contributed by atoms with van der Waals surface area (Å²) >= 11 is 6.54. The maximum absolute atomic E-state index is 13.8. The van der Waals surface area contributed by atoms with Crippen molar-refractivity contribution in [2.75, 3.05) is 51.5 Å². The van der Waals surface area contributed by atoms with Crippen LogP contribution < -0.4 is 14.4 Å². The van der Waals surface area contributed by atoms with Gasteiger partial charge in [-0.25, -0.2) is 17.9 Å². The van der Waals surface area contributed by atoms with E-state index in [1.807, 2.05) is 50.8 Å². The molecule has 2 amide bonds. The van der Waals surface area contributed by atoms with Crippen LogP contribution in [0.4, 0.5) is 10.5 Å². The smallest absolute Gasteiger partial charge is 0.410 e. The maximum atomic E-state index is 13.8. The summed E-state index contributed by atoms with van der Waals surface area (Å²) in [6.45, 7) is 12.7. The van der Waals surface area contributed by atoms with Crippen molar-refractivity contribution in [2.45, 2.75) is 140 Å².